The van der Waals surface area contributed by atoms with Crippen LogP contribution in [0.5, 0.6) is 0 Å². The average molecular weight is 204 g/mol. The smallest absolute Gasteiger partial charge is 0.0208 e. The van der Waals surface area contributed by atoms with Crippen LogP contribution in [0.15, 0.2) is 24.3 Å². The lowest BCUT2D eigenvalue weighted by atomic mass is 9.88. The van der Waals surface area contributed by atoms with Gasteiger partial charge in [-0.3, -0.25) is 0 Å². The van der Waals surface area contributed by atoms with Gasteiger partial charge < -0.3 is 10.6 Å². The molecule has 2 heteroatoms. The second kappa shape index (κ2) is 5.29. The monoisotopic (exact) mass is 204 g/mol. The number of hydrogen-bond acceptors (Lipinski definition) is 2. The largest absolute Gasteiger partial charge is 0.320 e. The highest BCUT2D eigenvalue weighted by Crippen LogP contribution is 2.27. The Morgan fingerprint density at radius 1 is 1.40 bits per heavy atom. The van der Waals surface area contributed by atoms with Crippen LogP contribution in [0.3, 0.4) is 0 Å². The molecule has 0 aliphatic carbocycles. The van der Waals surface area contributed by atoms with Crippen molar-refractivity contribution >= 4 is 0 Å². The fourth-order valence-corrected chi connectivity index (χ4v) is 2.37. The van der Waals surface area contributed by atoms with E-state index in [1.54, 1.807) is 5.56 Å². The molecule has 0 saturated carbocycles. The van der Waals surface area contributed by atoms with Crippen LogP contribution in [-0.2, 0) is 6.54 Å². The molecule has 2 N–H and O–H groups in total. The molecule has 1 atom stereocenters. The third-order valence-electron chi connectivity index (χ3n) is 3.18. The molecule has 0 spiro atoms. The summed E-state index contributed by atoms with van der Waals surface area (Å²) in [7, 11) is 2.02. The molecule has 0 bridgehead atoms. The molecule has 0 aromatic heterocycles. The molecule has 82 valence electrons. The highest BCUT2D eigenvalue weighted by molar-refractivity contribution is 5.32. The Labute approximate surface area is 92.1 Å². The van der Waals surface area contributed by atoms with Crippen molar-refractivity contribution in [3.8, 4) is 0 Å². The molecule has 0 amide bonds. The standard InChI is InChI=1S/C13H20N2/c1-14-8-4-6-12-10-15-9-11-5-2-3-7-13(11)12/h2-3,5,7,12,14-15H,4,6,8-10H2,1H3. The topological polar surface area (TPSA) is 24.1 Å². The molecule has 1 unspecified atom stereocenters. The number of hydrogen-bond donors (Lipinski definition) is 2. The van der Waals surface area contributed by atoms with Crippen molar-refractivity contribution in [2.75, 3.05) is 20.1 Å². The van der Waals surface area contributed by atoms with E-state index in [1.165, 1.54) is 18.4 Å². The number of nitrogens with one attached hydrogen (secondary N) is 2. The molecule has 2 nitrogen and oxygen atoms in total. The highest BCUT2D eigenvalue weighted by atomic mass is 14.9. The third-order valence-corrected chi connectivity index (χ3v) is 3.18. The maximum Gasteiger partial charge on any atom is 0.0208 e. The lowest BCUT2D eigenvalue weighted by Crippen LogP contribution is -2.28. The van der Waals surface area contributed by atoms with E-state index >= 15 is 0 Å². The van der Waals surface area contributed by atoms with Crippen LogP contribution in [0, 0.1) is 0 Å². The van der Waals surface area contributed by atoms with E-state index in [4.69, 9.17) is 0 Å². The van der Waals surface area contributed by atoms with Crippen molar-refractivity contribution in [2.24, 2.45) is 0 Å². The van der Waals surface area contributed by atoms with Crippen LogP contribution in [0.25, 0.3) is 0 Å². The highest BCUT2D eigenvalue weighted by Gasteiger charge is 2.18. The number of fused-ring (bicyclic) bond motifs is 1. The molecule has 1 aromatic rings. The van der Waals surface area contributed by atoms with Crippen molar-refractivity contribution in [2.45, 2.75) is 25.3 Å². The Bertz CT molecular complexity index is 309. The molecule has 1 heterocycles. The first-order valence-electron chi connectivity index (χ1n) is 5.85. The Hall–Kier alpha value is -0.860. The third kappa shape index (κ3) is 2.58. The molecule has 0 saturated heterocycles. The number of rotatable bonds is 4. The molecule has 1 aromatic carbocycles. The van der Waals surface area contributed by atoms with E-state index in [0.717, 1.165) is 19.6 Å². The van der Waals surface area contributed by atoms with Gasteiger partial charge in [0.05, 0.1) is 0 Å². The lowest BCUT2D eigenvalue weighted by Gasteiger charge is -2.26. The summed E-state index contributed by atoms with van der Waals surface area (Å²) in [5.74, 6) is 0.711. The predicted octanol–water partition coefficient (Wildman–Crippen LogP) is 1.87. The van der Waals surface area contributed by atoms with Crippen molar-refractivity contribution in [1.82, 2.24) is 10.6 Å². The Morgan fingerprint density at radius 3 is 3.13 bits per heavy atom. The van der Waals surface area contributed by atoms with Gasteiger partial charge in [-0.05, 0) is 43.5 Å². The van der Waals surface area contributed by atoms with Gasteiger partial charge in [0.25, 0.3) is 0 Å². The van der Waals surface area contributed by atoms with Crippen LogP contribution in [0.4, 0.5) is 0 Å². The van der Waals surface area contributed by atoms with Crippen molar-refractivity contribution in [1.29, 1.82) is 0 Å². The first-order chi connectivity index (χ1) is 7.42. The second-order valence-corrected chi connectivity index (χ2v) is 4.27. The summed E-state index contributed by atoms with van der Waals surface area (Å²) in [6.45, 7) is 3.30. The summed E-state index contributed by atoms with van der Waals surface area (Å²) in [6, 6.07) is 8.83. The van der Waals surface area contributed by atoms with E-state index in [1.807, 2.05) is 7.05 Å². The second-order valence-electron chi connectivity index (χ2n) is 4.27. The lowest BCUT2D eigenvalue weighted by molar-refractivity contribution is 0.495. The van der Waals surface area contributed by atoms with Crippen LogP contribution in [-0.4, -0.2) is 20.1 Å². The van der Waals surface area contributed by atoms with Gasteiger partial charge in [-0.2, -0.15) is 0 Å². The summed E-state index contributed by atoms with van der Waals surface area (Å²) in [5.41, 5.74) is 3.05. The fourth-order valence-electron chi connectivity index (χ4n) is 2.37. The SMILES string of the molecule is CNCCCC1CNCc2ccccc21. The Kier molecular flexibility index (Phi) is 3.75. The fraction of sp³-hybridized carbons (Fsp3) is 0.538. The Balaban J connectivity index is 2.02. The minimum atomic E-state index is 0.711. The average Bonchev–Trinajstić information content (AvgIpc) is 2.30. The predicted molar refractivity (Wildman–Crippen MR) is 64.1 cm³/mol. The van der Waals surface area contributed by atoms with E-state index in [9.17, 15) is 0 Å². The minimum Gasteiger partial charge on any atom is -0.320 e. The molecular weight excluding hydrogens is 184 g/mol. The van der Waals surface area contributed by atoms with Crippen molar-refractivity contribution in [3.05, 3.63) is 35.4 Å². The summed E-state index contributed by atoms with van der Waals surface area (Å²) >= 11 is 0. The van der Waals surface area contributed by atoms with Gasteiger partial charge in [0, 0.05) is 13.1 Å². The quantitative estimate of drug-likeness (QED) is 0.732. The van der Waals surface area contributed by atoms with Gasteiger partial charge in [0.2, 0.25) is 0 Å². The summed E-state index contributed by atoms with van der Waals surface area (Å²) in [4.78, 5) is 0. The maximum absolute atomic E-state index is 3.50. The molecule has 0 radical (unpaired) electrons. The first-order valence-corrected chi connectivity index (χ1v) is 5.85. The zero-order chi connectivity index (χ0) is 10.5. The maximum atomic E-state index is 3.50. The summed E-state index contributed by atoms with van der Waals surface area (Å²) < 4.78 is 0. The van der Waals surface area contributed by atoms with E-state index in [-0.39, 0.29) is 0 Å². The summed E-state index contributed by atoms with van der Waals surface area (Å²) in [6.07, 6.45) is 2.54. The van der Waals surface area contributed by atoms with E-state index in [0.29, 0.717) is 5.92 Å². The molecule has 1 aliphatic heterocycles. The molecule has 0 fully saturated rings. The van der Waals surface area contributed by atoms with E-state index in [2.05, 4.69) is 34.9 Å². The van der Waals surface area contributed by atoms with Crippen LogP contribution >= 0.6 is 0 Å². The van der Waals surface area contributed by atoms with E-state index < -0.39 is 0 Å². The normalized spacial score (nSPS) is 19.9. The zero-order valence-electron chi connectivity index (χ0n) is 9.42. The molecule has 1 aliphatic rings. The van der Waals surface area contributed by atoms with Gasteiger partial charge in [0.1, 0.15) is 0 Å². The van der Waals surface area contributed by atoms with Gasteiger partial charge in [0.15, 0.2) is 0 Å². The Morgan fingerprint density at radius 2 is 2.27 bits per heavy atom. The van der Waals surface area contributed by atoms with Gasteiger partial charge in [-0.1, -0.05) is 24.3 Å². The first kappa shape index (κ1) is 10.7. The van der Waals surface area contributed by atoms with Gasteiger partial charge >= 0.3 is 0 Å². The van der Waals surface area contributed by atoms with Crippen molar-refractivity contribution in [3.63, 3.8) is 0 Å². The zero-order valence-corrected chi connectivity index (χ0v) is 9.42. The summed E-state index contributed by atoms with van der Waals surface area (Å²) in [5, 5.41) is 6.71. The van der Waals surface area contributed by atoms with Crippen LogP contribution in [0.2, 0.25) is 0 Å². The molecule has 15 heavy (non-hydrogen) atoms. The molecular formula is C13H20N2. The number of benzene rings is 1. The van der Waals surface area contributed by atoms with Crippen LogP contribution < -0.4 is 10.6 Å². The van der Waals surface area contributed by atoms with Gasteiger partial charge in [-0.25, -0.2) is 0 Å². The molecule has 2 rings (SSSR count). The minimum absolute atomic E-state index is 0.711. The van der Waals surface area contributed by atoms with Gasteiger partial charge in [-0.15, -0.1) is 0 Å². The van der Waals surface area contributed by atoms with Crippen molar-refractivity contribution < 1.29 is 0 Å². The van der Waals surface area contributed by atoms with Crippen LogP contribution in [0.1, 0.15) is 29.9 Å².